The maximum atomic E-state index is 12.1. The van der Waals surface area contributed by atoms with Crippen LogP contribution in [0.5, 0.6) is 0 Å². The summed E-state index contributed by atoms with van der Waals surface area (Å²) in [5.74, 6) is 0.680. The molecule has 0 saturated carbocycles. The lowest BCUT2D eigenvalue weighted by Crippen LogP contribution is -2.51. The molecule has 1 aromatic rings. The minimum atomic E-state index is -0.863. The molecule has 6 nitrogen and oxygen atoms in total. The van der Waals surface area contributed by atoms with Crippen LogP contribution in [0, 0.1) is 0 Å². The second-order valence-electron chi connectivity index (χ2n) is 4.48. The van der Waals surface area contributed by atoms with E-state index in [1.807, 2.05) is 5.38 Å². The van der Waals surface area contributed by atoms with E-state index in [-0.39, 0.29) is 18.5 Å². The number of rotatable bonds is 5. The third-order valence-electron chi connectivity index (χ3n) is 3.04. The van der Waals surface area contributed by atoms with Crippen LogP contribution in [0.2, 0.25) is 0 Å². The van der Waals surface area contributed by atoms with Crippen LogP contribution in [-0.4, -0.2) is 57.6 Å². The lowest BCUT2D eigenvalue weighted by atomic mass is 10.2. The predicted molar refractivity (Wildman–Crippen MR) is 79.3 cm³/mol. The van der Waals surface area contributed by atoms with Gasteiger partial charge in [-0.05, 0) is 0 Å². The molecule has 20 heavy (non-hydrogen) atoms. The number of carbonyl (C=O) groups excluding carboxylic acids is 1. The smallest absolute Gasteiger partial charge is 0.317 e. The van der Waals surface area contributed by atoms with Crippen molar-refractivity contribution in [1.29, 1.82) is 0 Å². The second kappa shape index (κ2) is 7.49. The van der Waals surface area contributed by atoms with Gasteiger partial charge >= 0.3 is 12.0 Å². The largest absolute Gasteiger partial charge is 0.481 e. The summed E-state index contributed by atoms with van der Waals surface area (Å²) < 4.78 is 0. The number of hydrogen-bond acceptors (Lipinski definition) is 5. The Bertz CT molecular complexity index is 453. The monoisotopic (exact) mass is 315 g/mol. The number of amides is 2. The van der Waals surface area contributed by atoms with Gasteiger partial charge in [0.2, 0.25) is 0 Å². The van der Waals surface area contributed by atoms with Crippen molar-refractivity contribution in [2.24, 2.45) is 0 Å². The summed E-state index contributed by atoms with van der Waals surface area (Å²) in [6, 6.07) is -0.391. The quantitative estimate of drug-likeness (QED) is 0.855. The standard InChI is InChI=1S/C12H17N3O3S2/c16-11(17)5-10-7-19-4-3-15(10)12(18)13-2-1-9-6-20-8-14-9/h6,8,10H,1-5,7H2,(H,13,18)(H,16,17). The molecule has 1 aromatic heterocycles. The lowest BCUT2D eigenvalue weighted by molar-refractivity contribution is -0.137. The number of thiazole rings is 1. The van der Waals surface area contributed by atoms with E-state index in [0.717, 1.165) is 11.4 Å². The summed E-state index contributed by atoms with van der Waals surface area (Å²) in [5.41, 5.74) is 2.73. The molecular weight excluding hydrogens is 298 g/mol. The SMILES string of the molecule is O=C(O)CC1CSCCN1C(=O)NCCc1cscn1. The molecule has 0 aliphatic carbocycles. The summed E-state index contributed by atoms with van der Waals surface area (Å²) in [6.45, 7) is 1.12. The number of thioether (sulfide) groups is 1. The number of hydrogen-bond donors (Lipinski definition) is 2. The highest BCUT2D eigenvalue weighted by molar-refractivity contribution is 7.99. The first-order valence-electron chi connectivity index (χ1n) is 6.38. The van der Waals surface area contributed by atoms with Crippen LogP contribution in [-0.2, 0) is 11.2 Å². The lowest BCUT2D eigenvalue weighted by Gasteiger charge is -2.34. The van der Waals surface area contributed by atoms with Crippen molar-refractivity contribution < 1.29 is 14.7 Å². The molecule has 8 heteroatoms. The van der Waals surface area contributed by atoms with Crippen molar-refractivity contribution in [3.63, 3.8) is 0 Å². The molecule has 2 heterocycles. The molecule has 0 bridgehead atoms. The van der Waals surface area contributed by atoms with E-state index in [0.29, 0.717) is 25.3 Å². The van der Waals surface area contributed by atoms with E-state index in [1.54, 1.807) is 22.2 Å². The molecule has 1 unspecified atom stereocenters. The summed E-state index contributed by atoms with van der Waals surface area (Å²) in [5, 5.41) is 13.7. The van der Waals surface area contributed by atoms with Crippen molar-refractivity contribution in [2.75, 3.05) is 24.6 Å². The highest BCUT2D eigenvalue weighted by atomic mass is 32.2. The molecule has 1 atom stereocenters. The van der Waals surface area contributed by atoms with Gasteiger partial charge in [-0.25, -0.2) is 9.78 Å². The minimum absolute atomic E-state index is 0.00645. The molecular formula is C12H17N3O3S2. The molecule has 0 aromatic carbocycles. The molecule has 1 aliphatic heterocycles. The maximum absolute atomic E-state index is 12.1. The summed E-state index contributed by atoms with van der Waals surface area (Å²) in [7, 11) is 0. The van der Waals surface area contributed by atoms with Gasteiger partial charge in [-0.2, -0.15) is 11.8 Å². The van der Waals surface area contributed by atoms with E-state index in [2.05, 4.69) is 10.3 Å². The molecule has 0 radical (unpaired) electrons. The zero-order chi connectivity index (χ0) is 14.4. The van der Waals surface area contributed by atoms with Crippen LogP contribution >= 0.6 is 23.1 Å². The Hall–Kier alpha value is -1.28. The van der Waals surface area contributed by atoms with Crippen LogP contribution < -0.4 is 5.32 Å². The topological polar surface area (TPSA) is 82.5 Å². The molecule has 2 rings (SSSR count). The molecule has 2 amide bonds. The first-order valence-corrected chi connectivity index (χ1v) is 8.47. The Labute approximate surface area is 125 Å². The van der Waals surface area contributed by atoms with Gasteiger partial charge in [0.25, 0.3) is 0 Å². The average molecular weight is 315 g/mol. The molecule has 1 saturated heterocycles. The molecule has 110 valence electrons. The normalized spacial score (nSPS) is 18.8. The van der Waals surface area contributed by atoms with Gasteiger partial charge in [0.15, 0.2) is 0 Å². The van der Waals surface area contributed by atoms with Gasteiger partial charge in [0.1, 0.15) is 0 Å². The molecule has 2 N–H and O–H groups in total. The van der Waals surface area contributed by atoms with Crippen molar-refractivity contribution in [3.8, 4) is 0 Å². The Kier molecular flexibility index (Phi) is 5.66. The number of carboxylic acids is 1. The number of urea groups is 1. The molecule has 0 spiro atoms. The fourth-order valence-corrected chi connectivity index (χ4v) is 3.71. The van der Waals surface area contributed by atoms with Crippen LogP contribution in [0.1, 0.15) is 12.1 Å². The Morgan fingerprint density at radius 2 is 2.40 bits per heavy atom. The first kappa shape index (κ1) is 15.1. The minimum Gasteiger partial charge on any atom is -0.481 e. The third kappa shape index (κ3) is 4.38. The highest BCUT2D eigenvalue weighted by Gasteiger charge is 2.28. The van der Waals surface area contributed by atoms with Crippen molar-refractivity contribution in [2.45, 2.75) is 18.9 Å². The number of carbonyl (C=O) groups is 2. The Morgan fingerprint density at radius 3 is 3.10 bits per heavy atom. The molecule has 1 fully saturated rings. The van der Waals surface area contributed by atoms with Crippen molar-refractivity contribution >= 4 is 35.1 Å². The van der Waals surface area contributed by atoms with E-state index in [9.17, 15) is 9.59 Å². The van der Waals surface area contributed by atoms with E-state index < -0.39 is 5.97 Å². The Morgan fingerprint density at radius 1 is 1.55 bits per heavy atom. The maximum Gasteiger partial charge on any atom is 0.317 e. The predicted octanol–water partition coefficient (Wildman–Crippen LogP) is 1.29. The fourth-order valence-electron chi connectivity index (χ4n) is 2.05. The van der Waals surface area contributed by atoms with Crippen LogP contribution in [0.4, 0.5) is 4.79 Å². The zero-order valence-corrected chi connectivity index (χ0v) is 12.6. The highest BCUT2D eigenvalue weighted by Crippen LogP contribution is 2.19. The van der Waals surface area contributed by atoms with Crippen LogP contribution in [0.15, 0.2) is 10.9 Å². The number of aromatic nitrogens is 1. The number of aliphatic carboxylic acids is 1. The van der Waals surface area contributed by atoms with Gasteiger partial charge in [0.05, 0.1) is 23.7 Å². The van der Waals surface area contributed by atoms with Crippen LogP contribution in [0.25, 0.3) is 0 Å². The third-order valence-corrected chi connectivity index (χ3v) is 4.77. The van der Waals surface area contributed by atoms with Gasteiger partial charge < -0.3 is 15.3 Å². The summed E-state index contributed by atoms with van der Waals surface area (Å²) >= 11 is 3.23. The zero-order valence-electron chi connectivity index (χ0n) is 10.9. The van der Waals surface area contributed by atoms with E-state index in [1.165, 1.54) is 11.3 Å². The van der Waals surface area contributed by atoms with E-state index >= 15 is 0 Å². The van der Waals surface area contributed by atoms with Gasteiger partial charge in [-0.1, -0.05) is 0 Å². The molecule has 1 aliphatic rings. The van der Waals surface area contributed by atoms with Crippen molar-refractivity contribution in [3.05, 3.63) is 16.6 Å². The van der Waals surface area contributed by atoms with Crippen molar-refractivity contribution in [1.82, 2.24) is 15.2 Å². The Balaban J connectivity index is 1.81. The second-order valence-corrected chi connectivity index (χ2v) is 6.35. The van der Waals surface area contributed by atoms with Gasteiger partial charge in [-0.3, -0.25) is 4.79 Å². The first-order chi connectivity index (χ1) is 9.66. The fraction of sp³-hybridized carbons (Fsp3) is 0.583. The van der Waals surface area contributed by atoms with E-state index in [4.69, 9.17) is 5.11 Å². The summed E-state index contributed by atoms with van der Waals surface area (Å²) in [4.78, 5) is 28.7. The van der Waals surface area contributed by atoms with Gasteiger partial charge in [-0.15, -0.1) is 11.3 Å². The summed E-state index contributed by atoms with van der Waals surface area (Å²) in [6.07, 6.45) is 0.702. The number of nitrogens with one attached hydrogen (secondary N) is 1. The number of carboxylic acid groups (broad SMARTS) is 1. The number of nitrogens with zero attached hydrogens (tertiary/aromatic N) is 2. The average Bonchev–Trinajstić information content (AvgIpc) is 2.91. The van der Waals surface area contributed by atoms with Crippen LogP contribution in [0.3, 0.4) is 0 Å². The van der Waals surface area contributed by atoms with Gasteiger partial charge in [0, 0.05) is 36.4 Å².